The molecule has 1 rings (SSSR count). The van der Waals surface area contributed by atoms with Crippen molar-refractivity contribution in [3.63, 3.8) is 0 Å². The largest absolute Gasteiger partial charge is 0.479 e. The summed E-state index contributed by atoms with van der Waals surface area (Å²) in [6.45, 7) is 2.11. The van der Waals surface area contributed by atoms with Gasteiger partial charge in [0.05, 0.1) is 5.41 Å². The lowest BCUT2D eigenvalue weighted by Crippen LogP contribution is -2.29. The number of aliphatic carboxylic acids is 1. The standard InChI is InChI=1S/C21H31F2O4/c1-2-3-4-5-6-10-14-21(20(22)23)15-13-17(24)16(21)11-8-7-9-12-18(25)19(26)27/h7-8,10,14,16,18,25H,2-6,9,11-13,15H2,1H3,(H,26,27)/t16-,18?,21-/m0/s1. The van der Waals surface area contributed by atoms with Crippen molar-refractivity contribution in [3.8, 4) is 0 Å². The molecule has 0 aromatic heterocycles. The Morgan fingerprint density at radius 3 is 2.59 bits per heavy atom. The Morgan fingerprint density at radius 2 is 1.96 bits per heavy atom. The number of carbonyl (C=O) groups is 2. The van der Waals surface area contributed by atoms with Crippen LogP contribution in [0.4, 0.5) is 8.78 Å². The van der Waals surface area contributed by atoms with Gasteiger partial charge in [-0.15, -0.1) is 0 Å². The third kappa shape index (κ3) is 7.17. The van der Waals surface area contributed by atoms with E-state index in [0.717, 1.165) is 32.1 Å². The van der Waals surface area contributed by atoms with Crippen LogP contribution in [0.15, 0.2) is 24.3 Å². The van der Waals surface area contributed by atoms with Crippen LogP contribution in [-0.4, -0.2) is 28.1 Å². The van der Waals surface area contributed by atoms with Crippen LogP contribution in [0.1, 0.15) is 71.1 Å². The predicted octanol–water partition coefficient (Wildman–Crippen LogP) is 5.08. The van der Waals surface area contributed by atoms with Crippen molar-refractivity contribution in [3.05, 3.63) is 30.7 Å². The van der Waals surface area contributed by atoms with Gasteiger partial charge >= 0.3 is 12.4 Å². The number of carboxylic acid groups (broad SMARTS) is 1. The molecule has 1 saturated carbocycles. The van der Waals surface area contributed by atoms with E-state index in [1.54, 1.807) is 18.2 Å². The third-order valence-corrected chi connectivity index (χ3v) is 5.22. The first-order valence-corrected chi connectivity index (χ1v) is 9.79. The van der Waals surface area contributed by atoms with E-state index in [2.05, 4.69) is 6.92 Å². The van der Waals surface area contributed by atoms with Gasteiger partial charge in [-0.2, -0.15) is 8.78 Å². The molecule has 0 aromatic carbocycles. The summed E-state index contributed by atoms with van der Waals surface area (Å²) < 4.78 is 27.6. The molecule has 1 fully saturated rings. The van der Waals surface area contributed by atoms with Crippen LogP contribution >= 0.6 is 0 Å². The van der Waals surface area contributed by atoms with Crippen LogP contribution in [0.25, 0.3) is 0 Å². The second-order valence-corrected chi connectivity index (χ2v) is 7.21. The Balaban J connectivity index is 2.66. The summed E-state index contributed by atoms with van der Waals surface area (Å²) in [5.74, 6) is -2.23. The molecule has 0 amide bonds. The molecular formula is C21H31F2O4. The van der Waals surface area contributed by atoms with E-state index in [0.29, 0.717) is 6.42 Å². The normalized spacial score (nSPS) is 24.5. The number of aliphatic hydroxyl groups excluding tert-OH is 1. The van der Waals surface area contributed by atoms with Crippen LogP contribution in [0.5, 0.6) is 0 Å². The molecule has 1 aliphatic rings. The van der Waals surface area contributed by atoms with Crippen LogP contribution in [0.2, 0.25) is 0 Å². The molecule has 1 radical (unpaired) electrons. The number of hydrogen-bond donors (Lipinski definition) is 2. The van der Waals surface area contributed by atoms with Crippen molar-refractivity contribution < 1.29 is 28.6 Å². The van der Waals surface area contributed by atoms with E-state index in [-0.39, 0.29) is 31.5 Å². The highest BCUT2D eigenvalue weighted by Crippen LogP contribution is 2.52. The van der Waals surface area contributed by atoms with Gasteiger partial charge in [0.2, 0.25) is 0 Å². The molecule has 4 nitrogen and oxygen atoms in total. The summed E-state index contributed by atoms with van der Waals surface area (Å²) in [7, 11) is 0. The minimum Gasteiger partial charge on any atom is -0.479 e. The van der Waals surface area contributed by atoms with Gasteiger partial charge < -0.3 is 10.2 Å². The molecular weight excluding hydrogens is 354 g/mol. The van der Waals surface area contributed by atoms with Gasteiger partial charge in [0.25, 0.3) is 0 Å². The molecule has 0 bridgehead atoms. The van der Waals surface area contributed by atoms with Crippen molar-refractivity contribution in [2.75, 3.05) is 0 Å². The highest BCUT2D eigenvalue weighted by molar-refractivity contribution is 5.85. The highest BCUT2D eigenvalue weighted by atomic mass is 19.3. The average molecular weight is 385 g/mol. The number of halogens is 2. The molecule has 3 atom stereocenters. The minimum atomic E-state index is -1.71. The number of carbonyl (C=O) groups excluding carboxylic acids is 1. The fraction of sp³-hybridized carbons (Fsp3) is 0.667. The summed E-state index contributed by atoms with van der Waals surface area (Å²) in [5, 5.41) is 17.8. The van der Waals surface area contributed by atoms with Gasteiger partial charge in [-0.3, -0.25) is 4.79 Å². The number of allylic oxidation sites excluding steroid dienone is 4. The third-order valence-electron chi connectivity index (χ3n) is 5.22. The van der Waals surface area contributed by atoms with Crippen molar-refractivity contribution in [1.82, 2.24) is 0 Å². The number of rotatable bonds is 13. The van der Waals surface area contributed by atoms with Crippen LogP contribution in [-0.2, 0) is 9.59 Å². The molecule has 1 unspecified atom stereocenters. The SMILES string of the molecule is CCCCCCC=C[C@]1([C](F)F)CCC(=O)[C@@H]1CC=CCCC(O)C(=O)O. The summed E-state index contributed by atoms with van der Waals surface area (Å²) in [5.41, 5.74) is -1.48. The number of ketones is 1. The zero-order valence-electron chi connectivity index (χ0n) is 16.0. The maximum atomic E-state index is 13.8. The molecule has 0 aliphatic heterocycles. The number of Topliss-reactive ketones (excluding diaryl/α,β-unsaturated/α-hetero) is 1. The highest BCUT2D eigenvalue weighted by Gasteiger charge is 2.53. The minimum absolute atomic E-state index is 0.0524. The van der Waals surface area contributed by atoms with Gasteiger partial charge in [-0.25, -0.2) is 4.79 Å². The summed E-state index contributed by atoms with van der Waals surface area (Å²) in [6.07, 6.45) is 9.32. The zero-order valence-corrected chi connectivity index (χ0v) is 16.0. The van der Waals surface area contributed by atoms with E-state index < -0.39 is 29.8 Å². The van der Waals surface area contributed by atoms with Gasteiger partial charge in [0.15, 0.2) is 6.10 Å². The first-order valence-electron chi connectivity index (χ1n) is 9.79. The Bertz CT molecular complexity index is 530. The predicted molar refractivity (Wildman–Crippen MR) is 100 cm³/mol. The zero-order chi connectivity index (χ0) is 20.3. The van der Waals surface area contributed by atoms with E-state index >= 15 is 0 Å². The topological polar surface area (TPSA) is 74.6 Å². The van der Waals surface area contributed by atoms with E-state index in [4.69, 9.17) is 5.11 Å². The molecule has 0 saturated heterocycles. The molecule has 2 N–H and O–H groups in total. The fourth-order valence-corrected chi connectivity index (χ4v) is 3.51. The monoisotopic (exact) mass is 385 g/mol. The van der Waals surface area contributed by atoms with Crippen molar-refractivity contribution in [1.29, 1.82) is 0 Å². The Kier molecular flexibility index (Phi) is 10.4. The van der Waals surface area contributed by atoms with E-state index in [9.17, 15) is 23.5 Å². The van der Waals surface area contributed by atoms with Crippen molar-refractivity contribution in [2.45, 2.75) is 77.2 Å². The number of unbranched alkanes of at least 4 members (excludes halogenated alkanes) is 4. The molecule has 153 valence electrons. The lowest BCUT2D eigenvalue weighted by Gasteiger charge is -2.29. The van der Waals surface area contributed by atoms with Gasteiger partial charge in [-0.05, 0) is 38.5 Å². The maximum absolute atomic E-state index is 13.8. The van der Waals surface area contributed by atoms with Gasteiger partial charge in [0, 0.05) is 12.3 Å². The second-order valence-electron chi connectivity index (χ2n) is 7.21. The van der Waals surface area contributed by atoms with Crippen LogP contribution in [0.3, 0.4) is 0 Å². The van der Waals surface area contributed by atoms with Gasteiger partial charge in [0.1, 0.15) is 5.78 Å². The molecule has 0 spiro atoms. The first-order chi connectivity index (χ1) is 12.8. The maximum Gasteiger partial charge on any atom is 0.332 e. The summed E-state index contributed by atoms with van der Waals surface area (Å²) in [4.78, 5) is 22.7. The first kappa shape index (κ1) is 23.5. The number of hydrogen-bond acceptors (Lipinski definition) is 3. The summed E-state index contributed by atoms with van der Waals surface area (Å²) in [6, 6.07) is 0. The Labute approximate surface area is 160 Å². The van der Waals surface area contributed by atoms with E-state index in [1.165, 1.54) is 6.08 Å². The lowest BCUT2D eigenvalue weighted by molar-refractivity contribution is -0.146. The second kappa shape index (κ2) is 12.0. The molecule has 6 heteroatoms. The molecule has 1 aliphatic carbocycles. The van der Waals surface area contributed by atoms with E-state index in [1.807, 2.05) is 0 Å². The lowest BCUT2D eigenvalue weighted by atomic mass is 9.75. The molecule has 0 aromatic rings. The number of carboxylic acids is 1. The molecule has 0 heterocycles. The quantitative estimate of drug-likeness (QED) is 0.342. The van der Waals surface area contributed by atoms with Gasteiger partial charge in [-0.1, -0.05) is 50.5 Å². The summed E-state index contributed by atoms with van der Waals surface area (Å²) >= 11 is 0. The van der Waals surface area contributed by atoms with Crippen LogP contribution < -0.4 is 0 Å². The van der Waals surface area contributed by atoms with Crippen LogP contribution in [0, 0.1) is 17.8 Å². The number of aliphatic hydroxyl groups is 1. The Morgan fingerprint density at radius 1 is 1.22 bits per heavy atom. The average Bonchev–Trinajstić information content (AvgIpc) is 2.94. The molecule has 27 heavy (non-hydrogen) atoms. The van der Waals surface area contributed by atoms with Crippen molar-refractivity contribution >= 4 is 11.8 Å². The van der Waals surface area contributed by atoms with Crippen molar-refractivity contribution in [2.24, 2.45) is 11.3 Å². The smallest absolute Gasteiger partial charge is 0.332 e. The Hall–Kier alpha value is -1.56. The fourth-order valence-electron chi connectivity index (χ4n) is 3.51.